The smallest absolute Gasteiger partial charge is 0.337 e. The molecule has 0 aliphatic carbocycles. The number of halogens is 1. The Kier molecular flexibility index (Phi) is 8.60. The van der Waals surface area contributed by atoms with Crippen molar-refractivity contribution in [2.24, 2.45) is 0 Å². The second kappa shape index (κ2) is 10.7. The summed E-state index contributed by atoms with van der Waals surface area (Å²) >= 11 is 2.01. The van der Waals surface area contributed by atoms with Crippen molar-refractivity contribution in [2.45, 2.75) is 31.6 Å². The largest absolute Gasteiger partial charge is 0.465 e. The molecular weight excluding hydrogens is 517 g/mol. The van der Waals surface area contributed by atoms with Crippen LogP contribution in [-0.2, 0) is 19.4 Å². The first-order valence-electron chi connectivity index (χ1n) is 9.34. The molecule has 0 saturated heterocycles. The molecule has 6 nitrogen and oxygen atoms in total. The molecule has 8 heteroatoms. The number of hydrogen-bond acceptors (Lipinski definition) is 5. The number of rotatable bonds is 9. The van der Waals surface area contributed by atoms with Crippen LogP contribution in [0.2, 0.25) is 0 Å². The van der Waals surface area contributed by atoms with Crippen LogP contribution in [0.15, 0.2) is 59.1 Å². The second-order valence-corrected chi connectivity index (χ2v) is 9.84. The van der Waals surface area contributed by atoms with Gasteiger partial charge in [0.2, 0.25) is 6.41 Å². The molecule has 2 aromatic rings. The Morgan fingerprint density at radius 1 is 1.17 bits per heavy atom. The van der Waals surface area contributed by atoms with Gasteiger partial charge in [0.1, 0.15) is 0 Å². The van der Waals surface area contributed by atoms with Crippen LogP contribution < -0.4 is 4.90 Å². The number of amides is 1. The minimum Gasteiger partial charge on any atom is -0.465 e. The highest BCUT2D eigenvalue weighted by Crippen LogP contribution is 2.28. The molecule has 0 fully saturated rings. The number of ether oxygens (including phenoxy) is 1. The highest BCUT2D eigenvalue weighted by Gasteiger charge is 2.23. The fourth-order valence-electron chi connectivity index (χ4n) is 2.79. The molecule has 0 aromatic heterocycles. The fourth-order valence-corrected chi connectivity index (χ4v) is 4.93. The average Bonchev–Trinajstić information content (AvgIpc) is 2.72. The number of hydrogen-bond donors (Lipinski definition) is 0. The van der Waals surface area contributed by atoms with E-state index in [2.05, 4.69) is 0 Å². The highest BCUT2D eigenvalue weighted by atomic mass is 127. The Bertz CT molecular complexity index is 1050. The van der Waals surface area contributed by atoms with Gasteiger partial charge >= 0.3 is 5.97 Å². The predicted molar refractivity (Wildman–Crippen MR) is 125 cm³/mol. The van der Waals surface area contributed by atoms with Crippen molar-refractivity contribution in [1.29, 1.82) is 0 Å². The summed E-state index contributed by atoms with van der Waals surface area (Å²) < 4.78 is 31.3. The summed E-state index contributed by atoms with van der Waals surface area (Å²) in [7, 11) is -2.36. The zero-order valence-electron chi connectivity index (χ0n) is 17.1. The zero-order chi connectivity index (χ0) is 22.3. The molecule has 0 radical (unpaired) electrons. The SMILES string of the molecule is CCC/C=C(\CS(=O)(=O)c1ccc(C)cc1)N(C=O)c1ccc(C(=O)OC)cc1I. The lowest BCUT2D eigenvalue weighted by Crippen LogP contribution is -2.27. The lowest BCUT2D eigenvalue weighted by molar-refractivity contribution is -0.107. The number of sulfone groups is 1. The van der Waals surface area contributed by atoms with Crippen LogP contribution in [0, 0.1) is 10.5 Å². The van der Waals surface area contributed by atoms with Crippen LogP contribution in [0.1, 0.15) is 35.7 Å². The number of nitrogens with zero attached hydrogens (tertiary/aromatic N) is 1. The van der Waals surface area contributed by atoms with Crippen molar-refractivity contribution >= 4 is 50.5 Å². The van der Waals surface area contributed by atoms with E-state index in [1.807, 2.05) is 36.4 Å². The summed E-state index contributed by atoms with van der Waals surface area (Å²) in [6, 6.07) is 11.4. The third-order valence-electron chi connectivity index (χ3n) is 4.43. The lowest BCUT2D eigenvalue weighted by Gasteiger charge is -2.23. The maximum atomic E-state index is 13.0. The standard InChI is InChI=1S/C22H24INO5S/c1-4-5-6-18(14-30(27,28)19-10-7-16(2)8-11-19)24(15-25)21-12-9-17(13-20(21)23)22(26)29-3/h6-13,15H,4-5,14H2,1-3H3/b18-6+. The highest BCUT2D eigenvalue weighted by molar-refractivity contribution is 14.1. The van der Waals surface area contributed by atoms with Crippen LogP contribution in [0.4, 0.5) is 5.69 Å². The van der Waals surface area contributed by atoms with Gasteiger partial charge in [-0.25, -0.2) is 13.2 Å². The third-order valence-corrected chi connectivity index (χ3v) is 6.96. The summed E-state index contributed by atoms with van der Waals surface area (Å²) in [6.07, 6.45) is 3.80. The van der Waals surface area contributed by atoms with E-state index in [0.29, 0.717) is 33.3 Å². The number of anilines is 1. The van der Waals surface area contributed by atoms with Crippen molar-refractivity contribution in [3.05, 3.63) is 68.9 Å². The first-order valence-corrected chi connectivity index (χ1v) is 12.1. The number of unbranched alkanes of at least 4 members (excludes halogenated alkanes) is 1. The Morgan fingerprint density at radius 3 is 2.37 bits per heavy atom. The maximum absolute atomic E-state index is 13.0. The summed E-state index contributed by atoms with van der Waals surface area (Å²) in [5.41, 5.74) is 2.18. The van der Waals surface area contributed by atoms with Crippen molar-refractivity contribution in [2.75, 3.05) is 17.8 Å². The van der Waals surface area contributed by atoms with Gasteiger partial charge < -0.3 is 4.74 Å². The van der Waals surface area contributed by atoms with Gasteiger partial charge in [0.25, 0.3) is 0 Å². The Morgan fingerprint density at radius 2 is 1.83 bits per heavy atom. The van der Waals surface area contributed by atoms with Crippen LogP contribution in [0.5, 0.6) is 0 Å². The topological polar surface area (TPSA) is 80.8 Å². The normalized spacial score (nSPS) is 11.8. The predicted octanol–water partition coefficient (Wildman–Crippen LogP) is 4.51. The number of benzene rings is 2. The number of methoxy groups -OCH3 is 1. The van der Waals surface area contributed by atoms with Gasteiger partial charge in [0, 0.05) is 9.27 Å². The molecule has 2 rings (SSSR count). The van der Waals surface area contributed by atoms with Crippen LogP contribution >= 0.6 is 22.6 Å². The summed E-state index contributed by atoms with van der Waals surface area (Å²) in [5, 5.41) is 0. The van der Waals surface area contributed by atoms with Crippen molar-refractivity contribution in [3.63, 3.8) is 0 Å². The monoisotopic (exact) mass is 541 g/mol. The molecule has 0 unspecified atom stereocenters. The molecule has 0 heterocycles. The number of esters is 1. The van der Waals surface area contributed by atoms with Gasteiger partial charge in [-0.15, -0.1) is 0 Å². The van der Waals surface area contributed by atoms with Crippen molar-refractivity contribution in [1.82, 2.24) is 0 Å². The average molecular weight is 541 g/mol. The van der Waals surface area contributed by atoms with Crippen LogP contribution in [-0.4, -0.2) is 33.7 Å². The Labute approximate surface area is 191 Å². The Hall–Kier alpha value is -2.20. The number of carbonyl (C=O) groups is 2. The van der Waals surface area contributed by atoms with E-state index in [1.54, 1.807) is 48.5 Å². The Balaban J connectivity index is 2.45. The van der Waals surface area contributed by atoms with Gasteiger partial charge in [-0.1, -0.05) is 37.1 Å². The summed E-state index contributed by atoms with van der Waals surface area (Å²) in [4.78, 5) is 25.3. The summed E-state index contributed by atoms with van der Waals surface area (Å²) in [5.74, 6) is -0.801. The molecular formula is C22H24INO5S. The molecule has 160 valence electrons. The van der Waals surface area contributed by atoms with Crippen LogP contribution in [0.25, 0.3) is 0 Å². The molecule has 2 aromatic carbocycles. The molecule has 0 aliphatic heterocycles. The van der Waals surface area contributed by atoms with Crippen LogP contribution in [0.3, 0.4) is 0 Å². The van der Waals surface area contributed by atoms with Gasteiger partial charge in [-0.05, 0) is 66.3 Å². The third kappa shape index (κ3) is 5.91. The van der Waals surface area contributed by atoms with E-state index in [-0.39, 0.29) is 10.6 Å². The lowest BCUT2D eigenvalue weighted by atomic mass is 10.2. The van der Waals surface area contributed by atoms with Crippen molar-refractivity contribution in [3.8, 4) is 0 Å². The number of allylic oxidation sites excluding steroid dienone is 1. The number of aryl methyl sites for hydroxylation is 1. The van der Waals surface area contributed by atoms with E-state index in [0.717, 1.165) is 12.0 Å². The minimum absolute atomic E-state index is 0.206. The minimum atomic E-state index is -3.65. The first-order chi connectivity index (χ1) is 14.2. The molecule has 0 bridgehead atoms. The molecule has 1 amide bonds. The van der Waals surface area contributed by atoms with E-state index in [4.69, 9.17) is 4.74 Å². The van der Waals surface area contributed by atoms with E-state index < -0.39 is 15.8 Å². The zero-order valence-corrected chi connectivity index (χ0v) is 20.1. The molecule has 0 saturated carbocycles. The van der Waals surface area contributed by atoms with Gasteiger partial charge in [-0.3, -0.25) is 9.69 Å². The first kappa shape index (κ1) is 24.1. The van der Waals surface area contributed by atoms with Gasteiger partial charge in [-0.2, -0.15) is 0 Å². The molecule has 30 heavy (non-hydrogen) atoms. The van der Waals surface area contributed by atoms with E-state index in [9.17, 15) is 18.0 Å². The molecule has 0 atom stereocenters. The molecule has 0 N–H and O–H groups in total. The number of carbonyl (C=O) groups excluding carboxylic acids is 2. The maximum Gasteiger partial charge on any atom is 0.337 e. The second-order valence-electron chi connectivity index (χ2n) is 6.69. The molecule has 0 aliphatic rings. The van der Waals surface area contributed by atoms with Gasteiger partial charge in [0.05, 0.1) is 29.0 Å². The van der Waals surface area contributed by atoms with E-state index >= 15 is 0 Å². The van der Waals surface area contributed by atoms with Gasteiger partial charge in [0.15, 0.2) is 9.84 Å². The fraction of sp³-hybridized carbons (Fsp3) is 0.273. The van der Waals surface area contributed by atoms with Crippen molar-refractivity contribution < 1.29 is 22.7 Å². The molecule has 0 spiro atoms. The van der Waals surface area contributed by atoms with E-state index in [1.165, 1.54) is 12.0 Å². The quantitative estimate of drug-likeness (QED) is 0.265. The summed E-state index contributed by atoms with van der Waals surface area (Å²) in [6.45, 7) is 3.86.